The lowest BCUT2D eigenvalue weighted by Crippen LogP contribution is -1.77. The summed E-state index contributed by atoms with van der Waals surface area (Å²) in [4.78, 5) is 0.959. The van der Waals surface area contributed by atoms with E-state index in [0.717, 1.165) is 21.0 Å². The normalized spacial score (nSPS) is 10.9. The third-order valence-electron chi connectivity index (χ3n) is 2.59. The first-order chi connectivity index (χ1) is 8.22. The topological polar surface area (TPSA) is 20.2 Å². The van der Waals surface area contributed by atoms with E-state index < -0.39 is 5.82 Å². The average molecular weight is 244 g/mol. The van der Waals surface area contributed by atoms with Crippen molar-refractivity contribution in [1.29, 1.82) is 0 Å². The van der Waals surface area contributed by atoms with Crippen LogP contribution in [0.5, 0.6) is 5.75 Å². The van der Waals surface area contributed by atoms with Gasteiger partial charge in [0.15, 0.2) is 0 Å². The van der Waals surface area contributed by atoms with Gasteiger partial charge >= 0.3 is 0 Å². The second kappa shape index (κ2) is 3.86. The molecule has 84 valence electrons. The molecule has 0 aliphatic rings. The third kappa shape index (κ3) is 1.89. The van der Waals surface area contributed by atoms with Crippen molar-refractivity contribution in [3.05, 3.63) is 54.3 Å². The number of rotatable bonds is 1. The van der Waals surface area contributed by atoms with Crippen LogP contribution < -0.4 is 0 Å². The van der Waals surface area contributed by atoms with Gasteiger partial charge in [0, 0.05) is 15.6 Å². The second-order valence-corrected chi connectivity index (χ2v) is 4.93. The Morgan fingerprint density at radius 3 is 2.59 bits per heavy atom. The molecule has 2 aromatic carbocycles. The van der Waals surface area contributed by atoms with Gasteiger partial charge in [0.1, 0.15) is 11.6 Å². The van der Waals surface area contributed by atoms with Gasteiger partial charge in [-0.05, 0) is 35.2 Å². The van der Waals surface area contributed by atoms with Crippen LogP contribution in [0.2, 0.25) is 0 Å². The highest BCUT2D eigenvalue weighted by Crippen LogP contribution is 2.34. The summed E-state index contributed by atoms with van der Waals surface area (Å²) in [5.74, 6) is -0.463. The van der Waals surface area contributed by atoms with E-state index in [4.69, 9.17) is 0 Å². The van der Waals surface area contributed by atoms with Crippen LogP contribution in [0, 0.1) is 5.82 Å². The summed E-state index contributed by atoms with van der Waals surface area (Å²) in [6.45, 7) is 0. The zero-order valence-corrected chi connectivity index (χ0v) is 9.67. The minimum atomic E-state index is -0.419. The van der Waals surface area contributed by atoms with Crippen LogP contribution in [0.15, 0.2) is 48.5 Å². The summed E-state index contributed by atoms with van der Waals surface area (Å²) in [7, 11) is 0. The predicted molar refractivity (Wildman–Crippen MR) is 68.9 cm³/mol. The van der Waals surface area contributed by atoms with Crippen LogP contribution in [0.25, 0.3) is 20.5 Å². The Balaban J connectivity index is 2.20. The third-order valence-corrected chi connectivity index (χ3v) is 3.76. The summed E-state index contributed by atoms with van der Waals surface area (Å²) < 4.78 is 14.4. The molecule has 1 aromatic heterocycles. The standard InChI is InChI=1S/C14H9FOS/c15-11-5-10(6-12(16)8-11)14-7-9-3-1-2-4-13(9)17-14/h1-8,16H. The molecule has 0 aliphatic carbocycles. The molecule has 0 unspecified atom stereocenters. The number of phenolic OH excluding ortho intramolecular Hbond substituents is 1. The van der Waals surface area contributed by atoms with Gasteiger partial charge in [-0.15, -0.1) is 11.3 Å². The van der Waals surface area contributed by atoms with Crippen LogP contribution in [-0.2, 0) is 0 Å². The monoisotopic (exact) mass is 244 g/mol. The van der Waals surface area contributed by atoms with E-state index in [1.54, 1.807) is 17.4 Å². The highest BCUT2D eigenvalue weighted by Gasteiger charge is 2.06. The van der Waals surface area contributed by atoms with Gasteiger partial charge in [-0.1, -0.05) is 18.2 Å². The fraction of sp³-hybridized carbons (Fsp3) is 0. The Labute approximate surface area is 102 Å². The average Bonchev–Trinajstić information content (AvgIpc) is 2.71. The number of hydrogen-bond acceptors (Lipinski definition) is 2. The van der Waals surface area contributed by atoms with Crippen LogP contribution in [0.3, 0.4) is 0 Å². The van der Waals surface area contributed by atoms with E-state index in [2.05, 4.69) is 0 Å². The molecule has 3 aromatic rings. The van der Waals surface area contributed by atoms with Crippen molar-refractivity contribution in [2.45, 2.75) is 0 Å². The smallest absolute Gasteiger partial charge is 0.127 e. The molecule has 3 heteroatoms. The first-order valence-electron chi connectivity index (χ1n) is 5.21. The van der Waals surface area contributed by atoms with Gasteiger partial charge in [-0.3, -0.25) is 0 Å². The summed E-state index contributed by atoms with van der Waals surface area (Å²) >= 11 is 1.59. The molecule has 0 saturated carbocycles. The van der Waals surface area contributed by atoms with E-state index in [0.29, 0.717) is 5.56 Å². The largest absolute Gasteiger partial charge is 0.508 e. The molecule has 0 spiro atoms. The van der Waals surface area contributed by atoms with Gasteiger partial charge in [-0.2, -0.15) is 0 Å². The van der Waals surface area contributed by atoms with E-state index in [-0.39, 0.29) is 5.75 Å². The molecule has 1 heterocycles. The number of hydrogen-bond donors (Lipinski definition) is 1. The van der Waals surface area contributed by atoms with E-state index in [1.807, 2.05) is 30.3 Å². The highest BCUT2D eigenvalue weighted by molar-refractivity contribution is 7.22. The second-order valence-electron chi connectivity index (χ2n) is 3.85. The molecule has 0 fully saturated rings. The number of phenols is 1. The Morgan fingerprint density at radius 2 is 1.82 bits per heavy atom. The summed E-state index contributed by atoms with van der Waals surface area (Å²) in [5.41, 5.74) is 0.712. The molecule has 1 nitrogen and oxygen atoms in total. The van der Waals surface area contributed by atoms with E-state index in [9.17, 15) is 9.50 Å². The lowest BCUT2D eigenvalue weighted by atomic mass is 10.1. The quantitative estimate of drug-likeness (QED) is 0.672. The number of benzene rings is 2. The minimum absolute atomic E-state index is 0.0440. The van der Waals surface area contributed by atoms with Gasteiger partial charge < -0.3 is 5.11 Å². The molecule has 0 saturated heterocycles. The molecule has 1 N–H and O–H groups in total. The number of thiophene rings is 1. The number of fused-ring (bicyclic) bond motifs is 1. The fourth-order valence-corrected chi connectivity index (χ4v) is 2.89. The van der Waals surface area contributed by atoms with Crippen LogP contribution in [-0.4, -0.2) is 5.11 Å². The SMILES string of the molecule is Oc1cc(F)cc(-c2cc3ccccc3s2)c1. The van der Waals surface area contributed by atoms with Crippen LogP contribution in [0.1, 0.15) is 0 Å². The molecule has 0 bridgehead atoms. The van der Waals surface area contributed by atoms with Crippen molar-refractivity contribution >= 4 is 21.4 Å². The lowest BCUT2D eigenvalue weighted by molar-refractivity contribution is 0.469. The van der Waals surface area contributed by atoms with Gasteiger partial charge in [0.2, 0.25) is 0 Å². The molecule has 0 atom stereocenters. The van der Waals surface area contributed by atoms with Crippen molar-refractivity contribution in [3.63, 3.8) is 0 Å². The summed E-state index contributed by atoms with van der Waals surface area (Å²) in [6, 6.07) is 14.1. The molecule has 0 amide bonds. The van der Waals surface area contributed by atoms with E-state index >= 15 is 0 Å². The van der Waals surface area contributed by atoms with Gasteiger partial charge in [-0.25, -0.2) is 4.39 Å². The Hall–Kier alpha value is -1.87. The minimum Gasteiger partial charge on any atom is -0.508 e. The van der Waals surface area contributed by atoms with Gasteiger partial charge in [0.25, 0.3) is 0 Å². The zero-order chi connectivity index (χ0) is 11.8. The molecule has 0 radical (unpaired) electrons. The van der Waals surface area contributed by atoms with Gasteiger partial charge in [0.05, 0.1) is 0 Å². The van der Waals surface area contributed by atoms with E-state index in [1.165, 1.54) is 6.07 Å². The van der Waals surface area contributed by atoms with Crippen molar-refractivity contribution in [1.82, 2.24) is 0 Å². The molecular formula is C14H9FOS. The zero-order valence-electron chi connectivity index (χ0n) is 8.85. The fourth-order valence-electron chi connectivity index (χ4n) is 1.84. The summed E-state index contributed by atoms with van der Waals surface area (Å²) in [5, 5.41) is 10.5. The molecule has 3 rings (SSSR count). The van der Waals surface area contributed by atoms with Crippen molar-refractivity contribution < 1.29 is 9.50 Å². The first kappa shape index (κ1) is 10.3. The summed E-state index contributed by atoms with van der Waals surface area (Å²) in [6.07, 6.45) is 0. The Morgan fingerprint density at radius 1 is 1.00 bits per heavy atom. The number of aromatic hydroxyl groups is 1. The van der Waals surface area contributed by atoms with Crippen molar-refractivity contribution in [2.24, 2.45) is 0 Å². The molecule has 17 heavy (non-hydrogen) atoms. The Kier molecular flexibility index (Phi) is 2.34. The highest BCUT2D eigenvalue weighted by atomic mass is 32.1. The predicted octanol–water partition coefficient (Wildman–Crippen LogP) is 4.41. The van der Waals surface area contributed by atoms with Crippen LogP contribution >= 0.6 is 11.3 Å². The number of halogens is 1. The maximum Gasteiger partial charge on any atom is 0.127 e. The van der Waals surface area contributed by atoms with Crippen molar-refractivity contribution in [3.8, 4) is 16.2 Å². The Bertz CT molecular complexity index is 634. The van der Waals surface area contributed by atoms with Crippen molar-refractivity contribution in [2.75, 3.05) is 0 Å². The van der Waals surface area contributed by atoms with Crippen LogP contribution in [0.4, 0.5) is 4.39 Å². The molecular weight excluding hydrogens is 235 g/mol. The maximum atomic E-state index is 13.2. The maximum absolute atomic E-state index is 13.2. The first-order valence-corrected chi connectivity index (χ1v) is 6.02. The lowest BCUT2D eigenvalue weighted by Gasteiger charge is -1.98. The molecule has 0 aliphatic heterocycles.